The van der Waals surface area contributed by atoms with Gasteiger partial charge in [0.25, 0.3) is 0 Å². The Bertz CT molecular complexity index is 523. The number of hydrogen-bond donors (Lipinski definition) is 3. The molecule has 1 saturated heterocycles. The molecule has 1 unspecified atom stereocenters. The first kappa shape index (κ1) is 23.9. The zero-order chi connectivity index (χ0) is 18.1. The van der Waals surface area contributed by atoms with E-state index < -0.39 is 10.0 Å². The number of rotatable bonds is 9. The van der Waals surface area contributed by atoms with E-state index in [0.717, 1.165) is 31.5 Å². The summed E-state index contributed by atoms with van der Waals surface area (Å²) >= 11 is 0. The van der Waals surface area contributed by atoms with Crippen molar-refractivity contribution in [1.82, 2.24) is 20.3 Å². The molecule has 0 aromatic rings. The molecular formula is C17H36IN5O2S. The van der Waals surface area contributed by atoms with Crippen molar-refractivity contribution in [1.29, 1.82) is 0 Å². The SMILES string of the molecule is CCNC(=NCCCNS(=O)(=O)CC)NC1CCN(C2CCCC2)C1.I. The highest BCUT2D eigenvalue weighted by atomic mass is 127. The largest absolute Gasteiger partial charge is 0.357 e. The molecule has 2 aliphatic rings. The van der Waals surface area contributed by atoms with Gasteiger partial charge in [0.2, 0.25) is 10.0 Å². The lowest BCUT2D eigenvalue weighted by Crippen LogP contribution is -2.45. The molecule has 1 heterocycles. The Balaban J connectivity index is 0.00000338. The summed E-state index contributed by atoms with van der Waals surface area (Å²) in [6, 6.07) is 1.25. The molecule has 2 fully saturated rings. The van der Waals surface area contributed by atoms with E-state index in [9.17, 15) is 8.42 Å². The Hall–Kier alpha value is -0.130. The maximum absolute atomic E-state index is 11.4. The summed E-state index contributed by atoms with van der Waals surface area (Å²) in [5, 5.41) is 6.84. The molecule has 3 N–H and O–H groups in total. The van der Waals surface area contributed by atoms with E-state index in [4.69, 9.17) is 0 Å². The van der Waals surface area contributed by atoms with Crippen LogP contribution >= 0.6 is 24.0 Å². The van der Waals surface area contributed by atoms with E-state index in [0.29, 0.717) is 25.6 Å². The number of hydrogen-bond acceptors (Lipinski definition) is 4. The zero-order valence-electron chi connectivity index (χ0n) is 16.2. The summed E-state index contributed by atoms with van der Waals surface area (Å²) in [4.78, 5) is 7.22. The first-order valence-electron chi connectivity index (χ1n) is 9.80. The van der Waals surface area contributed by atoms with Crippen LogP contribution in [0.25, 0.3) is 0 Å². The van der Waals surface area contributed by atoms with Crippen LogP contribution in [0.3, 0.4) is 0 Å². The van der Waals surface area contributed by atoms with Gasteiger partial charge in [-0.05, 0) is 39.5 Å². The van der Waals surface area contributed by atoms with Gasteiger partial charge in [-0.25, -0.2) is 13.1 Å². The topological polar surface area (TPSA) is 85.8 Å². The summed E-state index contributed by atoms with van der Waals surface area (Å²) in [5.74, 6) is 0.971. The van der Waals surface area contributed by atoms with Crippen molar-refractivity contribution in [2.45, 2.75) is 64.5 Å². The van der Waals surface area contributed by atoms with Gasteiger partial charge in [-0.2, -0.15) is 0 Å². The van der Waals surface area contributed by atoms with E-state index in [1.165, 1.54) is 32.2 Å². The molecule has 0 radical (unpaired) electrons. The number of likely N-dealkylation sites (tertiary alicyclic amines) is 1. The Morgan fingerprint density at radius 1 is 1.19 bits per heavy atom. The maximum Gasteiger partial charge on any atom is 0.211 e. The summed E-state index contributed by atoms with van der Waals surface area (Å²) < 4.78 is 25.4. The minimum Gasteiger partial charge on any atom is -0.357 e. The number of sulfonamides is 1. The van der Waals surface area contributed by atoms with Crippen molar-refractivity contribution >= 4 is 40.0 Å². The van der Waals surface area contributed by atoms with Gasteiger partial charge in [0.1, 0.15) is 0 Å². The normalized spacial score (nSPS) is 22.4. The lowest BCUT2D eigenvalue weighted by molar-refractivity contribution is 0.242. The summed E-state index contributed by atoms with van der Waals surface area (Å²) in [6.07, 6.45) is 7.34. The molecule has 0 aromatic carbocycles. The standard InChI is InChI=1S/C17H35N5O2S.HI/c1-3-18-17(19-11-7-12-20-25(23,24)4-2)21-15-10-13-22(14-15)16-8-5-6-9-16;/h15-16,20H,3-14H2,1-2H3,(H2,18,19,21);1H. The van der Waals surface area contributed by atoms with Crippen LogP contribution in [0.4, 0.5) is 0 Å². The summed E-state index contributed by atoms with van der Waals surface area (Å²) in [7, 11) is -3.10. The van der Waals surface area contributed by atoms with E-state index in [-0.39, 0.29) is 29.7 Å². The van der Waals surface area contributed by atoms with Crippen LogP contribution in [-0.4, -0.2) is 69.8 Å². The number of halogens is 1. The van der Waals surface area contributed by atoms with E-state index in [1.807, 2.05) is 0 Å². The summed E-state index contributed by atoms with van der Waals surface area (Å²) in [5.41, 5.74) is 0. The fourth-order valence-corrected chi connectivity index (χ4v) is 4.28. The van der Waals surface area contributed by atoms with Crippen LogP contribution in [0, 0.1) is 0 Å². The monoisotopic (exact) mass is 501 g/mol. The quantitative estimate of drug-likeness (QED) is 0.193. The minimum absolute atomic E-state index is 0. The second kappa shape index (κ2) is 12.4. The van der Waals surface area contributed by atoms with Gasteiger partial charge in [0.15, 0.2) is 5.96 Å². The van der Waals surface area contributed by atoms with Crippen LogP contribution in [0.15, 0.2) is 4.99 Å². The highest BCUT2D eigenvalue weighted by Crippen LogP contribution is 2.26. The molecule has 2 rings (SSSR count). The number of nitrogens with zero attached hydrogens (tertiary/aromatic N) is 2. The van der Waals surface area contributed by atoms with Crippen LogP contribution < -0.4 is 15.4 Å². The van der Waals surface area contributed by atoms with Crippen molar-refractivity contribution in [2.75, 3.05) is 38.5 Å². The average Bonchev–Trinajstić information content (AvgIpc) is 3.25. The fourth-order valence-electron chi connectivity index (χ4n) is 3.62. The Morgan fingerprint density at radius 3 is 2.58 bits per heavy atom. The van der Waals surface area contributed by atoms with Crippen LogP contribution in [0.1, 0.15) is 52.4 Å². The first-order valence-corrected chi connectivity index (χ1v) is 11.5. The molecule has 1 saturated carbocycles. The third-order valence-corrected chi connectivity index (χ3v) is 6.46. The van der Waals surface area contributed by atoms with E-state index in [2.05, 4.69) is 32.2 Å². The Morgan fingerprint density at radius 2 is 1.92 bits per heavy atom. The van der Waals surface area contributed by atoms with Crippen molar-refractivity contribution in [3.63, 3.8) is 0 Å². The molecule has 0 bridgehead atoms. The predicted molar refractivity (Wildman–Crippen MR) is 119 cm³/mol. The first-order chi connectivity index (χ1) is 12.0. The molecular weight excluding hydrogens is 465 g/mol. The lowest BCUT2D eigenvalue weighted by Gasteiger charge is -2.24. The van der Waals surface area contributed by atoms with Gasteiger partial charge in [-0.1, -0.05) is 12.8 Å². The van der Waals surface area contributed by atoms with Gasteiger partial charge in [0, 0.05) is 44.8 Å². The smallest absolute Gasteiger partial charge is 0.211 e. The maximum atomic E-state index is 11.4. The van der Waals surface area contributed by atoms with Gasteiger partial charge >= 0.3 is 0 Å². The molecule has 9 heteroatoms. The van der Waals surface area contributed by atoms with Gasteiger partial charge < -0.3 is 10.6 Å². The van der Waals surface area contributed by atoms with Gasteiger partial charge in [-0.15, -0.1) is 24.0 Å². The molecule has 7 nitrogen and oxygen atoms in total. The van der Waals surface area contributed by atoms with Gasteiger partial charge in [-0.3, -0.25) is 9.89 Å². The van der Waals surface area contributed by atoms with Crippen LogP contribution in [0.2, 0.25) is 0 Å². The fraction of sp³-hybridized carbons (Fsp3) is 0.941. The third kappa shape index (κ3) is 8.26. The van der Waals surface area contributed by atoms with Gasteiger partial charge in [0.05, 0.1) is 5.75 Å². The highest BCUT2D eigenvalue weighted by molar-refractivity contribution is 14.0. The van der Waals surface area contributed by atoms with E-state index >= 15 is 0 Å². The molecule has 1 aliphatic heterocycles. The molecule has 1 atom stereocenters. The second-order valence-electron chi connectivity index (χ2n) is 6.98. The molecule has 0 spiro atoms. The number of guanidine groups is 1. The lowest BCUT2D eigenvalue weighted by atomic mass is 10.2. The molecule has 26 heavy (non-hydrogen) atoms. The second-order valence-corrected chi connectivity index (χ2v) is 9.07. The Labute approximate surface area is 176 Å². The molecule has 154 valence electrons. The summed E-state index contributed by atoms with van der Waals surface area (Å²) in [6.45, 7) is 7.87. The molecule has 0 aromatic heterocycles. The Kier molecular flexibility index (Phi) is 11.4. The third-order valence-electron chi connectivity index (χ3n) is 5.05. The number of nitrogens with one attached hydrogen (secondary N) is 3. The van der Waals surface area contributed by atoms with Crippen molar-refractivity contribution in [2.24, 2.45) is 4.99 Å². The van der Waals surface area contributed by atoms with Crippen LogP contribution in [0.5, 0.6) is 0 Å². The molecule has 1 aliphatic carbocycles. The average molecular weight is 501 g/mol. The zero-order valence-corrected chi connectivity index (χ0v) is 19.3. The van der Waals surface area contributed by atoms with E-state index in [1.54, 1.807) is 6.92 Å². The van der Waals surface area contributed by atoms with Crippen molar-refractivity contribution in [3.8, 4) is 0 Å². The molecule has 0 amide bonds. The minimum atomic E-state index is -3.10. The van der Waals surface area contributed by atoms with Crippen LogP contribution in [-0.2, 0) is 10.0 Å². The van der Waals surface area contributed by atoms with Crippen molar-refractivity contribution in [3.05, 3.63) is 0 Å². The predicted octanol–water partition coefficient (Wildman–Crippen LogP) is 1.51. The van der Waals surface area contributed by atoms with Crippen molar-refractivity contribution < 1.29 is 8.42 Å². The highest BCUT2D eigenvalue weighted by Gasteiger charge is 2.30. The number of aliphatic imine (C=N–C) groups is 1.